The van der Waals surface area contributed by atoms with Crippen LogP contribution >= 0.6 is 0 Å². The van der Waals surface area contributed by atoms with Gasteiger partial charge < -0.3 is 20.6 Å². The zero-order valence-electron chi connectivity index (χ0n) is 41.8. The zero-order valence-corrected chi connectivity index (χ0v) is 41.8. The van der Waals surface area contributed by atoms with Crippen molar-refractivity contribution in [3.8, 4) is 0 Å². The molecule has 0 aromatic heterocycles. The molecule has 0 saturated heterocycles. The number of carbonyl (C=O) groups excluding carboxylic acids is 1. The molecule has 3 atom stereocenters. The van der Waals surface area contributed by atoms with Crippen molar-refractivity contribution in [3.63, 3.8) is 0 Å². The van der Waals surface area contributed by atoms with Crippen LogP contribution < -0.4 is 5.32 Å². The van der Waals surface area contributed by atoms with E-state index in [2.05, 4.69) is 19.2 Å². The van der Waals surface area contributed by atoms with Crippen LogP contribution in [0.1, 0.15) is 328 Å². The van der Waals surface area contributed by atoms with Crippen LogP contribution in [0.5, 0.6) is 0 Å². The van der Waals surface area contributed by atoms with E-state index in [4.69, 9.17) is 0 Å². The van der Waals surface area contributed by atoms with E-state index in [0.717, 1.165) is 32.1 Å². The number of unbranched alkanes of at least 4 members (excludes halogenated alkanes) is 45. The first kappa shape index (κ1) is 60.4. The highest BCUT2D eigenvalue weighted by Crippen LogP contribution is 2.19. The van der Waals surface area contributed by atoms with Crippen LogP contribution in [0, 0.1) is 0 Å². The van der Waals surface area contributed by atoms with E-state index in [-0.39, 0.29) is 12.5 Å². The second-order valence-corrected chi connectivity index (χ2v) is 19.9. The Kier molecular flexibility index (Phi) is 51.4. The van der Waals surface area contributed by atoms with Crippen molar-refractivity contribution in [2.45, 2.75) is 347 Å². The Labute approximate surface area is 383 Å². The molecule has 0 aliphatic carbocycles. The number of hydrogen-bond acceptors (Lipinski definition) is 4. The fourth-order valence-electron chi connectivity index (χ4n) is 9.34. The zero-order chi connectivity index (χ0) is 44.4. The lowest BCUT2D eigenvalue weighted by Crippen LogP contribution is -2.50. The van der Waals surface area contributed by atoms with Gasteiger partial charge in [-0.3, -0.25) is 4.79 Å². The molecule has 0 aromatic carbocycles. The summed E-state index contributed by atoms with van der Waals surface area (Å²) in [6.07, 6.45) is 62.6. The van der Waals surface area contributed by atoms with Crippen LogP contribution in [0.25, 0.3) is 0 Å². The second kappa shape index (κ2) is 52.0. The van der Waals surface area contributed by atoms with Gasteiger partial charge in [0.05, 0.1) is 18.8 Å². The number of aliphatic hydroxyl groups excluding tert-OH is 3. The van der Waals surface area contributed by atoms with Gasteiger partial charge in [-0.1, -0.05) is 309 Å². The molecule has 0 heterocycles. The minimum Gasteiger partial charge on any atom is -0.394 e. The average Bonchev–Trinajstić information content (AvgIpc) is 3.26. The van der Waals surface area contributed by atoms with E-state index in [9.17, 15) is 20.1 Å². The molecule has 0 spiro atoms. The third kappa shape index (κ3) is 47.1. The number of rotatable bonds is 53. The second-order valence-electron chi connectivity index (χ2n) is 19.9. The molecule has 0 radical (unpaired) electrons. The van der Waals surface area contributed by atoms with Gasteiger partial charge in [-0.15, -0.1) is 0 Å². The van der Waals surface area contributed by atoms with Crippen LogP contribution in [0.15, 0.2) is 0 Å². The van der Waals surface area contributed by atoms with Crippen molar-refractivity contribution >= 4 is 5.91 Å². The van der Waals surface area contributed by atoms with Crippen LogP contribution in [0.4, 0.5) is 0 Å². The summed E-state index contributed by atoms with van der Waals surface area (Å²) in [7, 11) is 0. The Hall–Kier alpha value is -0.650. The quantitative estimate of drug-likeness (QED) is 0.0459. The molecule has 0 rings (SSSR count). The van der Waals surface area contributed by atoms with Crippen LogP contribution in [0.3, 0.4) is 0 Å². The predicted octanol–water partition coefficient (Wildman–Crippen LogP) is 17.3. The van der Waals surface area contributed by atoms with Crippen LogP contribution in [-0.4, -0.2) is 46.1 Å². The van der Waals surface area contributed by atoms with Crippen molar-refractivity contribution in [1.82, 2.24) is 5.32 Å². The van der Waals surface area contributed by atoms with E-state index < -0.39 is 18.2 Å². The number of amides is 1. The Bertz CT molecular complexity index is 822. The molecular formula is C56H113NO4. The predicted molar refractivity (Wildman–Crippen MR) is 269 cm³/mol. The first-order valence-corrected chi connectivity index (χ1v) is 28.3. The lowest BCUT2D eigenvalue weighted by atomic mass is 9.99. The molecular weight excluding hydrogens is 751 g/mol. The molecule has 366 valence electrons. The average molecular weight is 865 g/mol. The third-order valence-electron chi connectivity index (χ3n) is 13.7. The Balaban J connectivity index is 3.49. The molecule has 0 aromatic rings. The first-order chi connectivity index (χ1) is 30.1. The van der Waals surface area contributed by atoms with E-state index in [0.29, 0.717) is 12.8 Å². The Morgan fingerprint density at radius 1 is 0.344 bits per heavy atom. The standard InChI is InChI=1S/C56H113NO4/c1-3-5-7-9-11-13-15-17-19-21-23-25-27-29-31-33-35-37-39-41-43-45-47-49-51-55(60)57-53(52-58)56(61)54(59)50-48-46-44-42-40-38-36-34-32-30-28-26-24-22-20-18-16-14-12-10-8-6-4-2/h53-54,56,58-59,61H,3-52H2,1-2H3,(H,57,60). The highest BCUT2D eigenvalue weighted by Gasteiger charge is 2.26. The van der Waals surface area contributed by atoms with E-state index in [1.165, 1.54) is 270 Å². The summed E-state index contributed by atoms with van der Waals surface area (Å²) in [6.45, 7) is 4.23. The summed E-state index contributed by atoms with van der Waals surface area (Å²) < 4.78 is 0. The summed E-state index contributed by atoms with van der Waals surface area (Å²) in [6, 6.07) is -0.804. The van der Waals surface area contributed by atoms with Crippen molar-refractivity contribution < 1.29 is 20.1 Å². The normalized spacial score (nSPS) is 13.2. The van der Waals surface area contributed by atoms with Crippen LogP contribution in [0.2, 0.25) is 0 Å². The fourth-order valence-corrected chi connectivity index (χ4v) is 9.34. The highest BCUT2D eigenvalue weighted by molar-refractivity contribution is 5.76. The lowest BCUT2D eigenvalue weighted by molar-refractivity contribution is -0.124. The lowest BCUT2D eigenvalue weighted by Gasteiger charge is -2.26. The monoisotopic (exact) mass is 864 g/mol. The largest absolute Gasteiger partial charge is 0.394 e. The molecule has 0 fully saturated rings. The van der Waals surface area contributed by atoms with Gasteiger partial charge >= 0.3 is 0 Å². The molecule has 0 saturated carbocycles. The summed E-state index contributed by atoms with van der Waals surface area (Å²) in [5, 5.41) is 33.8. The van der Waals surface area contributed by atoms with Gasteiger partial charge in [-0.25, -0.2) is 0 Å². The maximum absolute atomic E-state index is 12.5. The summed E-state index contributed by atoms with van der Waals surface area (Å²) in [4.78, 5) is 12.5. The third-order valence-corrected chi connectivity index (χ3v) is 13.7. The molecule has 0 aliphatic heterocycles. The minimum atomic E-state index is -1.13. The molecule has 0 bridgehead atoms. The molecule has 3 unspecified atom stereocenters. The smallest absolute Gasteiger partial charge is 0.220 e. The Morgan fingerprint density at radius 2 is 0.557 bits per heavy atom. The van der Waals surface area contributed by atoms with Gasteiger partial charge in [0.15, 0.2) is 0 Å². The fraction of sp³-hybridized carbons (Fsp3) is 0.982. The SMILES string of the molecule is CCCCCCCCCCCCCCCCCCCCCCCCCCC(=O)NC(CO)C(O)C(O)CCCCCCCCCCCCCCCCCCCCCCCCC. The molecule has 0 aliphatic rings. The maximum atomic E-state index is 12.5. The molecule has 4 N–H and O–H groups in total. The van der Waals surface area contributed by atoms with Crippen molar-refractivity contribution in [2.24, 2.45) is 0 Å². The van der Waals surface area contributed by atoms with Crippen molar-refractivity contribution in [3.05, 3.63) is 0 Å². The van der Waals surface area contributed by atoms with Gasteiger partial charge in [0, 0.05) is 6.42 Å². The topological polar surface area (TPSA) is 89.8 Å². The van der Waals surface area contributed by atoms with Crippen LogP contribution in [-0.2, 0) is 4.79 Å². The van der Waals surface area contributed by atoms with E-state index in [1.54, 1.807) is 0 Å². The first-order valence-electron chi connectivity index (χ1n) is 28.3. The van der Waals surface area contributed by atoms with Gasteiger partial charge in [0.1, 0.15) is 6.10 Å². The number of hydrogen-bond donors (Lipinski definition) is 4. The molecule has 5 nitrogen and oxygen atoms in total. The number of carbonyl (C=O) groups is 1. The van der Waals surface area contributed by atoms with Gasteiger partial charge in [-0.05, 0) is 12.8 Å². The molecule has 1 amide bonds. The van der Waals surface area contributed by atoms with Gasteiger partial charge in [-0.2, -0.15) is 0 Å². The summed E-state index contributed by atoms with van der Waals surface area (Å²) in [5.41, 5.74) is 0. The highest BCUT2D eigenvalue weighted by atomic mass is 16.3. The number of nitrogens with one attached hydrogen (secondary N) is 1. The number of aliphatic hydroxyl groups is 3. The molecule has 5 heteroatoms. The minimum absolute atomic E-state index is 0.135. The maximum Gasteiger partial charge on any atom is 0.220 e. The van der Waals surface area contributed by atoms with Crippen molar-refractivity contribution in [2.75, 3.05) is 6.61 Å². The van der Waals surface area contributed by atoms with Gasteiger partial charge in [0.25, 0.3) is 0 Å². The van der Waals surface area contributed by atoms with Gasteiger partial charge in [0.2, 0.25) is 5.91 Å². The van der Waals surface area contributed by atoms with Crippen molar-refractivity contribution in [1.29, 1.82) is 0 Å². The summed E-state index contributed by atoms with van der Waals surface area (Å²) >= 11 is 0. The summed E-state index contributed by atoms with van der Waals surface area (Å²) in [5.74, 6) is -0.135. The Morgan fingerprint density at radius 3 is 0.787 bits per heavy atom. The van der Waals surface area contributed by atoms with E-state index in [1.807, 2.05) is 0 Å². The van der Waals surface area contributed by atoms with E-state index >= 15 is 0 Å². The molecule has 61 heavy (non-hydrogen) atoms.